The van der Waals surface area contributed by atoms with E-state index in [1.54, 1.807) is 24.4 Å². The van der Waals surface area contributed by atoms with Gasteiger partial charge in [-0.2, -0.15) is 0 Å². The molecule has 0 spiro atoms. The fourth-order valence-electron chi connectivity index (χ4n) is 2.31. The van der Waals surface area contributed by atoms with Crippen LogP contribution in [-0.2, 0) is 11.3 Å². The van der Waals surface area contributed by atoms with Crippen molar-refractivity contribution >= 4 is 22.8 Å². The summed E-state index contributed by atoms with van der Waals surface area (Å²) in [5.41, 5.74) is 6.21. The van der Waals surface area contributed by atoms with Gasteiger partial charge in [-0.3, -0.25) is 25.4 Å². The van der Waals surface area contributed by atoms with Crippen molar-refractivity contribution in [3.8, 4) is 0 Å². The van der Waals surface area contributed by atoms with Gasteiger partial charge < -0.3 is 9.15 Å². The molecule has 3 aromatic rings. The van der Waals surface area contributed by atoms with E-state index in [1.807, 2.05) is 18.2 Å². The molecule has 7 nitrogen and oxygen atoms in total. The van der Waals surface area contributed by atoms with E-state index < -0.39 is 11.8 Å². The molecule has 0 saturated carbocycles. The van der Waals surface area contributed by atoms with Crippen LogP contribution in [0.4, 0.5) is 0 Å². The topological polar surface area (TPSA) is 93.5 Å². The van der Waals surface area contributed by atoms with E-state index in [9.17, 15) is 9.59 Å². The molecule has 0 radical (unpaired) electrons. The molecule has 0 fully saturated rings. The number of furan rings is 1. The summed E-state index contributed by atoms with van der Waals surface area (Å²) in [6.07, 6.45) is 2.96. The van der Waals surface area contributed by atoms with E-state index in [0.717, 1.165) is 5.39 Å². The maximum absolute atomic E-state index is 12.4. The lowest BCUT2D eigenvalue weighted by Gasteiger charge is -2.07. The zero-order valence-electron chi connectivity index (χ0n) is 12.9. The van der Waals surface area contributed by atoms with Gasteiger partial charge in [0.15, 0.2) is 5.76 Å². The quantitative estimate of drug-likeness (QED) is 0.716. The zero-order chi connectivity index (χ0) is 16.9. The van der Waals surface area contributed by atoms with Gasteiger partial charge in [-0.05, 0) is 18.2 Å². The molecule has 0 aliphatic carbocycles. The number of nitrogens with one attached hydrogen (secondary N) is 2. The van der Waals surface area contributed by atoms with Gasteiger partial charge in [0.1, 0.15) is 5.58 Å². The number of ether oxygens (including phenoxy) is 1. The average Bonchev–Trinajstić information content (AvgIpc) is 2.99. The molecule has 0 atom stereocenters. The first kappa shape index (κ1) is 15.7. The lowest BCUT2D eigenvalue weighted by Crippen LogP contribution is -2.41. The number of pyridine rings is 1. The van der Waals surface area contributed by atoms with Gasteiger partial charge in [0.2, 0.25) is 0 Å². The van der Waals surface area contributed by atoms with Crippen LogP contribution in [0, 0.1) is 0 Å². The Morgan fingerprint density at radius 3 is 2.67 bits per heavy atom. The summed E-state index contributed by atoms with van der Waals surface area (Å²) in [4.78, 5) is 28.1. The molecule has 7 heteroatoms. The number of carbonyl (C=O) groups excluding carboxylic acids is 2. The third-order valence-corrected chi connectivity index (χ3v) is 3.41. The van der Waals surface area contributed by atoms with E-state index >= 15 is 0 Å². The molecule has 0 aliphatic heterocycles. The van der Waals surface area contributed by atoms with Gasteiger partial charge in [0.05, 0.1) is 12.2 Å². The predicted molar refractivity (Wildman–Crippen MR) is 86.1 cm³/mol. The van der Waals surface area contributed by atoms with Crippen LogP contribution in [0.5, 0.6) is 0 Å². The monoisotopic (exact) mass is 325 g/mol. The van der Waals surface area contributed by atoms with Crippen molar-refractivity contribution in [3.63, 3.8) is 0 Å². The molecule has 3 rings (SSSR count). The van der Waals surface area contributed by atoms with Crippen LogP contribution < -0.4 is 10.9 Å². The maximum Gasteiger partial charge on any atom is 0.305 e. The fourth-order valence-corrected chi connectivity index (χ4v) is 2.31. The Labute approximate surface area is 137 Å². The molecular formula is C17H15N3O4. The largest absolute Gasteiger partial charge is 0.450 e. The molecule has 0 unspecified atom stereocenters. The number of amides is 2. The van der Waals surface area contributed by atoms with Crippen molar-refractivity contribution in [1.82, 2.24) is 15.8 Å². The summed E-state index contributed by atoms with van der Waals surface area (Å²) >= 11 is 0. The molecule has 2 heterocycles. The minimum atomic E-state index is -0.560. The first-order valence-electron chi connectivity index (χ1n) is 7.20. The molecule has 0 saturated heterocycles. The Morgan fingerprint density at radius 1 is 1.12 bits per heavy atom. The van der Waals surface area contributed by atoms with Crippen LogP contribution in [0.1, 0.15) is 26.5 Å². The number of carbonyl (C=O) groups is 2. The van der Waals surface area contributed by atoms with Gasteiger partial charge >= 0.3 is 5.91 Å². The fraction of sp³-hybridized carbons (Fsp3) is 0.118. The molecule has 2 amide bonds. The van der Waals surface area contributed by atoms with E-state index in [1.165, 1.54) is 13.3 Å². The summed E-state index contributed by atoms with van der Waals surface area (Å²) in [6.45, 7) is 0.219. The van der Waals surface area contributed by atoms with E-state index in [0.29, 0.717) is 16.7 Å². The van der Waals surface area contributed by atoms with Crippen LogP contribution in [0.15, 0.2) is 53.2 Å². The van der Waals surface area contributed by atoms with E-state index in [-0.39, 0.29) is 12.4 Å². The summed E-state index contributed by atoms with van der Waals surface area (Å²) in [7, 11) is 1.54. The minimum Gasteiger partial charge on any atom is -0.450 e. The van der Waals surface area contributed by atoms with Crippen molar-refractivity contribution < 1.29 is 18.7 Å². The Morgan fingerprint density at radius 2 is 1.92 bits per heavy atom. The van der Waals surface area contributed by atoms with Gasteiger partial charge in [-0.1, -0.05) is 18.2 Å². The number of hydrazine groups is 1. The first-order valence-corrected chi connectivity index (χ1v) is 7.20. The van der Waals surface area contributed by atoms with Crippen molar-refractivity contribution in [2.45, 2.75) is 6.61 Å². The van der Waals surface area contributed by atoms with Crippen LogP contribution in [0.3, 0.4) is 0 Å². The highest BCUT2D eigenvalue weighted by atomic mass is 16.5. The number of benzene rings is 1. The molecule has 24 heavy (non-hydrogen) atoms. The number of rotatable bonds is 4. The molecule has 2 aromatic heterocycles. The maximum atomic E-state index is 12.4. The smallest absolute Gasteiger partial charge is 0.305 e. The molecule has 0 aliphatic rings. The predicted octanol–water partition coefficient (Wildman–Crippen LogP) is 2.05. The second-order valence-electron chi connectivity index (χ2n) is 4.99. The van der Waals surface area contributed by atoms with Crippen molar-refractivity contribution in [2.75, 3.05) is 7.11 Å². The normalized spacial score (nSPS) is 10.5. The Hall–Kier alpha value is -3.19. The summed E-state index contributed by atoms with van der Waals surface area (Å²) in [6, 6.07) is 10.5. The summed E-state index contributed by atoms with van der Waals surface area (Å²) in [5, 5.41) is 0.795. The highest BCUT2D eigenvalue weighted by Crippen LogP contribution is 2.26. The number of fused-ring (bicyclic) bond motifs is 1. The highest BCUT2D eigenvalue weighted by molar-refractivity contribution is 6.01. The van der Waals surface area contributed by atoms with Gasteiger partial charge in [0, 0.05) is 30.5 Å². The minimum absolute atomic E-state index is 0.101. The Bertz CT molecular complexity index is 874. The molecular weight excluding hydrogens is 310 g/mol. The van der Waals surface area contributed by atoms with Crippen molar-refractivity contribution in [3.05, 3.63) is 65.7 Å². The van der Waals surface area contributed by atoms with Crippen LogP contribution in [-0.4, -0.2) is 23.9 Å². The lowest BCUT2D eigenvalue weighted by atomic mass is 10.1. The number of para-hydroxylation sites is 1. The third kappa shape index (κ3) is 3.11. The third-order valence-electron chi connectivity index (χ3n) is 3.41. The lowest BCUT2D eigenvalue weighted by molar-refractivity contribution is 0.0828. The second kappa shape index (κ2) is 6.93. The van der Waals surface area contributed by atoms with Gasteiger partial charge in [-0.25, -0.2) is 0 Å². The van der Waals surface area contributed by atoms with E-state index in [2.05, 4.69) is 15.8 Å². The molecule has 2 N–H and O–H groups in total. The van der Waals surface area contributed by atoms with E-state index in [4.69, 9.17) is 9.15 Å². The van der Waals surface area contributed by atoms with Gasteiger partial charge in [-0.15, -0.1) is 0 Å². The summed E-state index contributed by atoms with van der Waals surface area (Å²) < 4.78 is 10.7. The van der Waals surface area contributed by atoms with Crippen molar-refractivity contribution in [2.24, 2.45) is 0 Å². The first-order chi connectivity index (χ1) is 11.7. The number of aromatic nitrogens is 1. The standard InChI is InChI=1S/C17H15N3O4/c1-23-10-13-12-6-2-3-7-14(12)24-15(13)17(22)20-19-16(21)11-5-4-8-18-9-11/h2-9H,10H2,1H3,(H,19,21)(H,20,22). The zero-order valence-corrected chi connectivity index (χ0v) is 12.9. The Balaban J connectivity index is 1.79. The number of hydrogen-bond donors (Lipinski definition) is 2. The average molecular weight is 325 g/mol. The van der Waals surface area contributed by atoms with Crippen molar-refractivity contribution in [1.29, 1.82) is 0 Å². The Kier molecular flexibility index (Phi) is 4.53. The highest BCUT2D eigenvalue weighted by Gasteiger charge is 2.20. The SMILES string of the molecule is COCc1c(C(=O)NNC(=O)c2cccnc2)oc2ccccc12. The van der Waals surface area contributed by atoms with Crippen LogP contribution >= 0.6 is 0 Å². The number of hydrogen-bond acceptors (Lipinski definition) is 5. The molecule has 0 bridgehead atoms. The second-order valence-corrected chi connectivity index (χ2v) is 4.99. The number of nitrogens with zero attached hydrogens (tertiary/aromatic N) is 1. The number of methoxy groups -OCH3 is 1. The van der Waals surface area contributed by atoms with Crippen LogP contribution in [0.2, 0.25) is 0 Å². The summed E-state index contributed by atoms with van der Waals surface area (Å²) in [5.74, 6) is -0.930. The van der Waals surface area contributed by atoms with Gasteiger partial charge in [0.25, 0.3) is 5.91 Å². The molecule has 1 aromatic carbocycles. The van der Waals surface area contributed by atoms with Crippen LogP contribution in [0.25, 0.3) is 11.0 Å². The molecule has 122 valence electrons.